The largest absolute Gasteiger partial charge is 0.456 e. The zero-order chi connectivity index (χ0) is 34.4. The highest BCUT2D eigenvalue weighted by Crippen LogP contribution is 2.42. The molecule has 0 bridgehead atoms. The Kier molecular flexibility index (Phi) is 7.10. The summed E-state index contributed by atoms with van der Waals surface area (Å²) < 4.78 is 6.49. The second-order valence-corrected chi connectivity index (χ2v) is 13.0. The van der Waals surface area contributed by atoms with Crippen LogP contribution in [0.15, 0.2) is 192 Å². The molecule has 0 fully saturated rings. The zero-order valence-corrected chi connectivity index (χ0v) is 28.1. The van der Waals surface area contributed by atoms with E-state index in [9.17, 15) is 0 Å². The minimum absolute atomic E-state index is 0.587. The zero-order valence-electron chi connectivity index (χ0n) is 28.1. The molecule has 10 rings (SSSR count). The number of nitrogens with zero attached hydrogens (tertiary/aromatic N) is 3. The van der Waals surface area contributed by atoms with Gasteiger partial charge in [0.05, 0.1) is 11.2 Å². The molecule has 4 nitrogen and oxygen atoms in total. The van der Waals surface area contributed by atoms with Crippen LogP contribution in [0.25, 0.3) is 77.1 Å². The molecule has 4 heteroatoms. The van der Waals surface area contributed by atoms with Crippen LogP contribution < -0.4 is 4.90 Å². The van der Waals surface area contributed by atoms with Gasteiger partial charge in [-0.2, -0.15) is 0 Å². The lowest BCUT2D eigenvalue weighted by Gasteiger charge is -2.25. The van der Waals surface area contributed by atoms with Gasteiger partial charge in [0.2, 0.25) is 5.95 Å². The number of para-hydroxylation sites is 1. The van der Waals surface area contributed by atoms with E-state index in [4.69, 9.17) is 14.4 Å². The first-order valence-corrected chi connectivity index (χ1v) is 17.5. The Bertz CT molecular complexity index is 2800. The van der Waals surface area contributed by atoms with Crippen molar-refractivity contribution in [2.75, 3.05) is 4.90 Å². The lowest BCUT2D eigenvalue weighted by atomic mass is 9.99. The van der Waals surface area contributed by atoms with E-state index < -0.39 is 0 Å². The molecular weight excluding hydrogens is 635 g/mol. The summed E-state index contributed by atoms with van der Waals surface area (Å²) in [5.41, 5.74) is 11.0. The highest BCUT2D eigenvalue weighted by molar-refractivity contribution is 6.17. The molecule has 0 saturated carbocycles. The Hall–Kier alpha value is -7.04. The summed E-state index contributed by atoms with van der Waals surface area (Å²) in [5, 5.41) is 5.41. The number of hydrogen-bond donors (Lipinski definition) is 0. The molecule has 52 heavy (non-hydrogen) atoms. The SMILES string of the molecule is c1ccc(-c2ccc(N(c3ccc(-c4ccccc4)cc3)c3nc(-c4cccc5oc6cc7ccccc7cc6c45)c4ccccc4n3)cc2)cc1. The highest BCUT2D eigenvalue weighted by Gasteiger charge is 2.22. The lowest BCUT2D eigenvalue weighted by molar-refractivity contribution is 0.669. The summed E-state index contributed by atoms with van der Waals surface area (Å²) in [6.07, 6.45) is 0. The molecule has 10 aromatic rings. The number of anilines is 3. The van der Waals surface area contributed by atoms with Crippen molar-refractivity contribution in [1.82, 2.24) is 9.97 Å². The molecular formula is C48H31N3O. The minimum Gasteiger partial charge on any atom is -0.456 e. The molecule has 2 heterocycles. The monoisotopic (exact) mass is 665 g/mol. The maximum atomic E-state index is 6.49. The molecule has 8 aromatic carbocycles. The molecule has 0 spiro atoms. The molecule has 0 aliphatic rings. The van der Waals surface area contributed by atoms with Gasteiger partial charge in [-0.25, -0.2) is 9.97 Å². The van der Waals surface area contributed by atoms with Crippen LogP contribution in [0.2, 0.25) is 0 Å². The van der Waals surface area contributed by atoms with E-state index in [1.807, 2.05) is 24.3 Å². The fourth-order valence-corrected chi connectivity index (χ4v) is 7.33. The third-order valence-electron chi connectivity index (χ3n) is 9.88. The molecule has 0 aliphatic carbocycles. The van der Waals surface area contributed by atoms with Gasteiger partial charge in [0.1, 0.15) is 11.2 Å². The first-order chi connectivity index (χ1) is 25.8. The third-order valence-corrected chi connectivity index (χ3v) is 9.88. The molecule has 0 N–H and O–H groups in total. The van der Waals surface area contributed by atoms with Crippen molar-refractivity contribution < 1.29 is 4.42 Å². The summed E-state index contributed by atoms with van der Waals surface area (Å²) >= 11 is 0. The summed E-state index contributed by atoms with van der Waals surface area (Å²) in [6, 6.07) is 65.5. The van der Waals surface area contributed by atoms with E-state index in [2.05, 4.69) is 169 Å². The number of hydrogen-bond acceptors (Lipinski definition) is 4. The van der Waals surface area contributed by atoms with Crippen LogP contribution in [-0.2, 0) is 0 Å². The fraction of sp³-hybridized carbons (Fsp3) is 0. The highest BCUT2D eigenvalue weighted by atomic mass is 16.3. The Morgan fingerprint density at radius 2 is 0.962 bits per heavy atom. The van der Waals surface area contributed by atoms with Gasteiger partial charge in [-0.3, -0.25) is 4.90 Å². The summed E-state index contributed by atoms with van der Waals surface area (Å²) in [4.78, 5) is 12.8. The van der Waals surface area contributed by atoms with Crippen LogP contribution >= 0.6 is 0 Å². The first-order valence-electron chi connectivity index (χ1n) is 17.5. The maximum Gasteiger partial charge on any atom is 0.235 e. The molecule has 0 saturated heterocycles. The van der Waals surface area contributed by atoms with Crippen LogP contribution in [0.3, 0.4) is 0 Å². The van der Waals surface area contributed by atoms with E-state index in [-0.39, 0.29) is 0 Å². The van der Waals surface area contributed by atoms with E-state index >= 15 is 0 Å². The molecule has 0 aliphatic heterocycles. The number of aromatic nitrogens is 2. The summed E-state index contributed by atoms with van der Waals surface area (Å²) in [6.45, 7) is 0. The average molecular weight is 666 g/mol. The van der Waals surface area contributed by atoms with E-state index in [0.717, 1.165) is 72.0 Å². The molecule has 0 radical (unpaired) electrons. The van der Waals surface area contributed by atoms with Crippen LogP contribution in [0.1, 0.15) is 0 Å². The Balaban J connectivity index is 1.19. The van der Waals surface area contributed by atoms with E-state index in [1.165, 1.54) is 16.5 Å². The number of fused-ring (bicyclic) bond motifs is 5. The van der Waals surface area contributed by atoms with Gasteiger partial charge in [0, 0.05) is 33.1 Å². The standard InChI is InChI=1S/C48H31N3O/c1-3-12-32(13-4-1)34-22-26-38(27-23-34)51(39-28-24-35(25-29-39)33-14-5-2-6-15-33)48-49-43-20-10-9-18-40(43)47(50-48)41-19-11-21-44-46(41)42-30-36-16-7-8-17-37(36)31-45(42)52-44/h1-31H. The third kappa shape index (κ3) is 5.17. The van der Waals surface area contributed by atoms with Crippen LogP contribution in [0.4, 0.5) is 17.3 Å². The van der Waals surface area contributed by atoms with Crippen molar-refractivity contribution in [3.05, 3.63) is 188 Å². The van der Waals surface area contributed by atoms with Crippen molar-refractivity contribution in [2.45, 2.75) is 0 Å². The van der Waals surface area contributed by atoms with Gasteiger partial charge in [0.15, 0.2) is 0 Å². The molecule has 244 valence electrons. The van der Waals surface area contributed by atoms with Gasteiger partial charge >= 0.3 is 0 Å². The Labute approximate surface area is 300 Å². The topological polar surface area (TPSA) is 42.2 Å². The molecule has 0 atom stereocenters. The smallest absolute Gasteiger partial charge is 0.235 e. The quantitative estimate of drug-likeness (QED) is 0.177. The van der Waals surface area contributed by atoms with Gasteiger partial charge in [-0.15, -0.1) is 0 Å². The minimum atomic E-state index is 0.587. The molecule has 2 aromatic heterocycles. The van der Waals surface area contributed by atoms with Gasteiger partial charge < -0.3 is 4.42 Å². The van der Waals surface area contributed by atoms with Crippen molar-refractivity contribution in [2.24, 2.45) is 0 Å². The second-order valence-electron chi connectivity index (χ2n) is 13.0. The van der Waals surface area contributed by atoms with Crippen molar-refractivity contribution in [3.8, 4) is 33.5 Å². The normalized spacial score (nSPS) is 11.5. The van der Waals surface area contributed by atoms with E-state index in [1.54, 1.807) is 0 Å². The summed E-state index contributed by atoms with van der Waals surface area (Å²) in [5.74, 6) is 0.587. The number of furan rings is 1. The Morgan fingerprint density at radius 3 is 1.62 bits per heavy atom. The van der Waals surface area contributed by atoms with Crippen LogP contribution in [0, 0.1) is 0 Å². The number of benzene rings is 8. The predicted octanol–water partition coefficient (Wildman–Crippen LogP) is 13.2. The fourth-order valence-electron chi connectivity index (χ4n) is 7.33. The average Bonchev–Trinajstić information content (AvgIpc) is 3.58. The van der Waals surface area contributed by atoms with Crippen molar-refractivity contribution >= 4 is 60.9 Å². The van der Waals surface area contributed by atoms with Crippen molar-refractivity contribution in [1.29, 1.82) is 0 Å². The van der Waals surface area contributed by atoms with Crippen LogP contribution in [-0.4, -0.2) is 9.97 Å². The first kappa shape index (κ1) is 29.8. The second kappa shape index (κ2) is 12.4. The maximum absolute atomic E-state index is 6.49. The molecule has 0 unspecified atom stereocenters. The predicted molar refractivity (Wildman–Crippen MR) is 215 cm³/mol. The number of rotatable bonds is 6. The van der Waals surface area contributed by atoms with Gasteiger partial charge in [0.25, 0.3) is 0 Å². The Morgan fingerprint density at radius 1 is 0.404 bits per heavy atom. The van der Waals surface area contributed by atoms with Gasteiger partial charge in [-0.05, 0) is 81.6 Å². The van der Waals surface area contributed by atoms with Gasteiger partial charge in [-0.1, -0.05) is 140 Å². The lowest BCUT2D eigenvalue weighted by Crippen LogP contribution is -2.14. The van der Waals surface area contributed by atoms with E-state index in [0.29, 0.717) is 5.95 Å². The van der Waals surface area contributed by atoms with Crippen LogP contribution in [0.5, 0.6) is 0 Å². The molecule has 0 amide bonds. The summed E-state index contributed by atoms with van der Waals surface area (Å²) in [7, 11) is 0. The van der Waals surface area contributed by atoms with Crippen molar-refractivity contribution in [3.63, 3.8) is 0 Å².